The highest BCUT2D eigenvalue weighted by molar-refractivity contribution is 5.79. The lowest BCUT2D eigenvalue weighted by molar-refractivity contribution is -0.119. The first-order valence-electron chi connectivity index (χ1n) is 16.5. The van der Waals surface area contributed by atoms with Gasteiger partial charge in [0.2, 0.25) is 0 Å². The molecule has 0 bridgehead atoms. The summed E-state index contributed by atoms with van der Waals surface area (Å²) in [7, 11) is 1.60. The van der Waals surface area contributed by atoms with Crippen LogP contribution in [-0.2, 0) is 19.0 Å². The van der Waals surface area contributed by atoms with E-state index in [0.29, 0.717) is 31.2 Å². The predicted octanol–water partition coefficient (Wildman–Crippen LogP) is 10.7. The van der Waals surface area contributed by atoms with Gasteiger partial charge in [-0.1, -0.05) is 80.6 Å². The number of aromatic nitrogens is 3. The lowest BCUT2D eigenvalue weighted by Crippen LogP contribution is -2.10. The zero-order chi connectivity index (χ0) is 34.2. The Morgan fingerprint density at radius 2 is 1.78 bits per heavy atom. The molecule has 0 aliphatic carbocycles. The molecule has 0 fully saturated rings. The summed E-state index contributed by atoms with van der Waals surface area (Å²) in [6.07, 6.45) is 17.5. The van der Waals surface area contributed by atoms with Crippen LogP contribution in [0.25, 0.3) is 16.9 Å². The number of H-pyrrole nitrogens is 1. The topological polar surface area (TPSA) is 78.4 Å². The molecule has 0 aromatic carbocycles. The molecule has 0 saturated carbocycles. The molecule has 7 nitrogen and oxygen atoms in total. The molecule has 0 spiro atoms. The third-order valence-corrected chi connectivity index (χ3v) is 6.60. The number of ketones is 1. The average molecular weight is 630 g/mol. The fraction of sp³-hybridized carbons (Fsp3) is 0.568. The number of allylic oxidation sites excluding steroid dienone is 7. The Kier molecular flexibility index (Phi) is 23.0. The van der Waals surface area contributed by atoms with Crippen molar-refractivity contribution in [3.63, 3.8) is 0 Å². The van der Waals surface area contributed by atoms with E-state index < -0.39 is 11.7 Å². The van der Waals surface area contributed by atoms with E-state index in [9.17, 15) is 9.18 Å². The first kappa shape index (κ1) is 41.6. The largest absolute Gasteiger partial charge is 0.491 e. The molecule has 0 aliphatic heterocycles. The number of nitrogens with one attached hydrogen (secondary N) is 1. The Morgan fingerprint density at radius 1 is 1.07 bits per heavy atom. The van der Waals surface area contributed by atoms with E-state index in [1.807, 2.05) is 50.6 Å². The van der Waals surface area contributed by atoms with Crippen LogP contribution in [0.4, 0.5) is 4.39 Å². The molecule has 1 unspecified atom stereocenters. The Labute approximate surface area is 272 Å². The molecule has 2 aromatic heterocycles. The van der Waals surface area contributed by atoms with Gasteiger partial charge in [0.05, 0.1) is 6.61 Å². The van der Waals surface area contributed by atoms with Crippen molar-refractivity contribution in [1.29, 1.82) is 0 Å². The van der Waals surface area contributed by atoms with E-state index in [4.69, 9.17) is 14.2 Å². The van der Waals surface area contributed by atoms with Crippen LogP contribution >= 0.6 is 0 Å². The lowest BCUT2D eigenvalue weighted by Gasteiger charge is -2.17. The van der Waals surface area contributed by atoms with Gasteiger partial charge in [0.15, 0.2) is 17.2 Å². The Balaban J connectivity index is 0.00000151. The summed E-state index contributed by atoms with van der Waals surface area (Å²) in [5.74, 6) is 0.618. The number of fused-ring (bicyclic) bond motifs is 1. The van der Waals surface area contributed by atoms with E-state index in [2.05, 4.69) is 30.9 Å². The van der Waals surface area contributed by atoms with Gasteiger partial charge in [-0.25, -0.2) is 9.37 Å². The molecule has 0 aliphatic rings. The monoisotopic (exact) mass is 629 g/mol. The summed E-state index contributed by atoms with van der Waals surface area (Å²) in [5, 5.41) is 3.16. The van der Waals surface area contributed by atoms with Gasteiger partial charge in [0.1, 0.15) is 29.4 Å². The summed E-state index contributed by atoms with van der Waals surface area (Å²) in [5.41, 5.74) is 2.62. The van der Waals surface area contributed by atoms with Crippen LogP contribution in [0, 0.1) is 11.8 Å². The number of carbonyl (C=O) groups is 1. The number of nitrogens with zero attached hydrogens (tertiary/aromatic N) is 2. The third kappa shape index (κ3) is 17.0. The lowest BCUT2D eigenvalue weighted by atomic mass is 10.1. The number of hydrogen-bond acceptors (Lipinski definition) is 5. The molecule has 0 radical (unpaired) electrons. The van der Waals surface area contributed by atoms with Crippen LogP contribution in [-0.4, -0.2) is 40.9 Å². The molecule has 0 saturated heterocycles. The number of halogens is 1. The maximum absolute atomic E-state index is 14.8. The minimum Gasteiger partial charge on any atom is -0.491 e. The van der Waals surface area contributed by atoms with Crippen LogP contribution in [0.3, 0.4) is 0 Å². The number of carbonyl (C=O) groups excluding carboxylic acids is 1. The average Bonchev–Trinajstić information content (AvgIpc) is 3.00. The minimum absolute atomic E-state index is 0.0568. The van der Waals surface area contributed by atoms with Crippen molar-refractivity contribution in [3.05, 3.63) is 71.8 Å². The Morgan fingerprint density at radius 3 is 2.33 bits per heavy atom. The molecule has 2 rings (SSSR count). The second-order valence-corrected chi connectivity index (χ2v) is 10.9. The molecule has 2 aromatic rings. The molecule has 1 N–H and O–H groups in total. The fourth-order valence-corrected chi connectivity index (χ4v) is 3.90. The number of methoxy groups -OCH3 is 1. The molecule has 8 heteroatoms. The highest BCUT2D eigenvalue weighted by atomic mass is 19.1. The van der Waals surface area contributed by atoms with Crippen LogP contribution in [0.1, 0.15) is 108 Å². The molecule has 1 atom stereocenters. The number of ether oxygens (including phenoxy) is 3. The van der Waals surface area contributed by atoms with Gasteiger partial charge >= 0.3 is 0 Å². The molecule has 254 valence electrons. The summed E-state index contributed by atoms with van der Waals surface area (Å²) in [6.45, 7) is 20.3. The van der Waals surface area contributed by atoms with Crippen molar-refractivity contribution < 1.29 is 23.4 Å². The molecule has 2 heterocycles. The first-order valence-corrected chi connectivity index (χ1v) is 16.5. The van der Waals surface area contributed by atoms with Crippen molar-refractivity contribution in [1.82, 2.24) is 14.8 Å². The van der Waals surface area contributed by atoms with Crippen LogP contribution in [0.5, 0.6) is 0 Å². The third-order valence-electron chi connectivity index (χ3n) is 6.60. The van der Waals surface area contributed by atoms with Crippen molar-refractivity contribution in [2.75, 3.05) is 20.3 Å². The molecular weight excluding hydrogens is 569 g/mol. The van der Waals surface area contributed by atoms with Crippen molar-refractivity contribution in [3.8, 4) is 0 Å². The first-order chi connectivity index (χ1) is 21.6. The maximum Gasteiger partial charge on any atom is 0.171 e. The Bertz CT molecular complexity index is 1250. The fourth-order valence-electron chi connectivity index (χ4n) is 3.90. The zero-order valence-corrected chi connectivity index (χ0v) is 29.8. The van der Waals surface area contributed by atoms with Crippen molar-refractivity contribution in [2.45, 2.75) is 108 Å². The maximum atomic E-state index is 14.8. The van der Waals surface area contributed by atoms with Gasteiger partial charge in [-0.2, -0.15) is 0 Å². The Hall–Kier alpha value is -3.39. The van der Waals surface area contributed by atoms with Gasteiger partial charge in [-0.15, -0.1) is 0 Å². The van der Waals surface area contributed by atoms with Crippen LogP contribution in [0.15, 0.2) is 71.8 Å². The van der Waals surface area contributed by atoms with Crippen molar-refractivity contribution >= 4 is 22.6 Å². The predicted molar refractivity (Wildman–Crippen MR) is 187 cm³/mol. The second-order valence-electron chi connectivity index (χ2n) is 10.9. The summed E-state index contributed by atoms with van der Waals surface area (Å²) in [4.78, 5) is 15.8. The molecule has 0 amide bonds. The van der Waals surface area contributed by atoms with Gasteiger partial charge in [0, 0.05) is 37.1 Å². The number of Topliss-reactive ketones (excluding diaryl/α,β-unsaturated/α-hetero) is 1. The molecular formula is C37H60FN3O4. The summed E-state index contributed by atoms with van der Waals surface area (Å²) in [6, 6.07) is 3.83. The summed E-state index contributed by atoms with van der Waals surface area (Å²) < 4.78 is 33.6. The van der Waals surface area contributed by atoms with Crippen LogP contribution < -0.4 is 0 Å². The zero-order valence-electron chi connectivity index (χ0n) is 29.8. The van der Waals surface area contributed by atoms with E-state index in [1.165, 1.54) is 45.1 Å². The highest BCUT2D eigenvalue weighted by Crippen LogP contribution is 2.23. The van der Waals surface area contributed by atoms with Crippen LogP contribution in [0.2, 0.25) is 0 Å². The standard InChI is InChI=1S/C26H34FN3O4.C9H20.C2H6/c1-7-10-25(23(27)15-18(3)20(5)31)34-21(8-2)17-22(33-14-13-32-6)16-19(4)30-24-11-9-12-28-26(24)29-30;1-4-5-6-7-8-9(2)3;1-2/h8-12,15-18H,7,13-14H2,1-6H3,(H,28,29);9H,4-8H2,1-3H3;1-2H3/b19-16+,21-8+,22-17+,23-15+,25-10+;;. The smallest absolute Gasteiger partial charge is 0.171 e. The van der Waals surface area contributed by atoms with Crippen molar-refractivity contribution in [2.24, 2.45) is 11.8 Å². The van der Waals surface area contributed by atoms with E-state index in [0.717, 1.165) is 22.8 Å². The quantitative estimate of drug-likeness (QED) is 0.101. The van der Waals surface area contributed by atoms with Gasteiger partial charge in [-0.05, 0) is 63.5 Å². The minimum atomic E-state index is -0.584. The molecule has 45 heavy (non-hydrogen) atoms. The van der Waals surface area contributed by atoms with Gasteiger partial charge in [0.25, 0.3) is 0 Å². The normalized spacial score (nSPS) is 13.7. The van der Waals surface area contributed by atoms with E-state index in [1.54, 1.807) is 45.4 Å². The summed E-state index contributed by atoms with van der Waals surface area (Å²) >= 11 is 0. The number of aromatic amines is 1. The van der Waals surface area contributed by atoms with Gasteiger partial charge < -0.3 is 14.2 Å². The highest BCUT2D eigenvalue weighted by Gasteiger charge is 2.13. The van der Waals surface area contributed by atoms with E-state index >= 15 is 0 Å². The second kappa shape index (κ2) is 24.9. The SMILES string of the molecule is CC.CCCCCCC(C)C.C\C=C(/C=C(\C=C(/C)n1[nH]c2ncccc21)OCCOC)OC(=C/CC)/C(F)=C\C(C)C(C)=O. The number of unbranched alkanes of at least 4 members (excludes halogenated alkanes) is 3. The number of hydrogen-bond donors (Lipinski definition) is 1. The van der Waals surface area contributed by atoms with E-state index in [-0.39, 0.29) is 11.5 Å². The number of pyridine rings is 1. The van der Waals surface area contributed by atoms with Gasteiger partial charge in [-0.3, -0.25) is 14.6 Å². The number of rotatable bonds is 18.